The zero-order valence-electron chi connectivity index (χ0n) is 33.8. The van der Waals surface area contributed by atoms with E-state index in [0.717, 1.165) is 49.1 Å². The minimum absolute atomic E-state index is 0.0437. The van der Waals surface area contributed by atoms with Crippen molar-refractivity contribution >= 4 is 35.0 Å². The number of halogens is 3. The monoisotopic (exact) mass is 851 g/mol. The van der Waals surface area contributed by atoms with Gasteiger partial charge in [-0.15, -0.1) is 11.3 Å². The van der Waals surface area contributed by atoms with Gasteiger partial charge in [-0.2, -0.15) is 18.3 Å². The molecule has 13 nitrogen and oxygen atoms in total. The topological polar surface area (TPSA) is 139 Å². The lowest BCUT2D eigenvalue weighted by Crippen LogP contribution is -2.67. The van der Waals surface area contributed by atoms with Crippen LogP contribution in [0.25, 0.3) is 0 Å². The lowest BCUT2D eigenvalue weighted by molar-refractivity contribution is -0.205. The van der Waals surface area contributed by atoms with Gasteiger partial charge < -0.3 is 29.5 Å². The first kappa shape index (κ1) is 41.0. The molecule has 1 aromatic carbocycles. The van der Waals surface area contributed by atoms with Crippen molar-refractivity contribution in [1.29, 1.82) is 0 Å². The van der Waals surface area contributed by atoms with Gasteiger partial charge in [-0.25, -0.2) is 4.98 Å². The van der Waals surface area contributed by atoms with Crippen LogP contribution < -0.4 is 5.32 Å². The first-order chi connectivity index (χ1) is 28.8. The maximum Gasteiger partial charge on any atom is 0.403 e. The van der Waals surface area contributed by atoms with Crippen LogP contribution >= 0.6 is 11.3 Å². The number of likely N-dealkylation sites (tertiary alicyclic amines) is 3. The zero-order valence-corrected chi connectivity index (χ0v) is 34.6. The second-order valence-electron chi connectivity index (χ2n) is 18.2. The van der Waals surface area contributed by atoms with Gasteiger partial charge in [0.2, 0.25) is 17.7 Å². The summed E-state index contributed by atoms with van der Waals surface area (Å²) in [7, 11) is 0. The molecule has 10 rings (SSSR count). The lowest BCUT2D eigenvalue weighted by Gasteiger charge is -2.51. The number of hydrogen-bond acceptors (Lipinski definition) is 9. The highest BCUT2D eigenvalue weighted by Crippen LogP contribution is 2.60. The summed E-state index contributed by atoms with van der Waals surface area (Å²) in [4.78, 5) is 65.7. The Morgan fingerprint density at radius 1 is 0.983 bits per heavy atom. The highest BCUT2D eigenvalue weighted by molar-refractivity contribution is 7.09. The Labute approximate surface area is 350 Å². The first-order valence-electron chi connectivity index (χ1n) is 21.2. The van der Waals surface area contributed by atoms with Crippen molar-refractivity contribution in [1.82, 2.24) is 34.8 Å². The largest absolute Gasteiger partial charge is 0.403 e. The van der Waals surface area contributed by atoms with E-state index in [-0.39, 0.29) is 68.3 Å². The molecule has 3 aromatic rings. The summed E-state index contributed by atoms with van der Waals surface area (Å²) in [5.41, 5.74) is -2.27. The van der Waals surface area contributed by atoms with Gasteiger partial charge in [-0.05, 0) is 63.9 Å². The molecule has 5 saturated heterocycles. The number of thiazole rings is 1. The van der Waals surface area contributed by atoms with E-state index in [9.17, 15) is 32.3 Å². The van der Waals surface area contributed by atoms with Crippen molar-refractivity contribution in [2.45, 2.75) is 95.2 Å². The molecule has 1 N–H and O–H groups in total. The van der Waals surface area contributed by atoms with Gasteiger partial charge in [0.05, 0.1) is 54.7 Å². The molecule has 17 heteroatoms. The summed E-state index contributed by atoms with van der Waals surface area (Å²) >= 11 is 1.60. The standard InChI is InChI=1S/C43H52F3N7O6S/c1-28(58-26-40-11-7-32(8-12-40)59-27-40)34(38(56)50-16-9-30(10-17-50)36-47-15-18-60-36)49-35(54)33-22-51(37(55)31-19-48-53(21-31)20-29-5-3-2-4-6-29)23-41(33)24-52(25-41)39(57)42(13-14-42)43(44,45)46/h2-6,15,18-19,21,28,30,32-34H,7-14,16-17,20,22-27H2,1H3,(H,49,54)/t28-,32?,33+,34?,40?/m1/s1. The van der Waals surface area contributed by atoms with Crippen molar-refractivity contribution in [3.05, 3.63) is 70.4 Å². The molecule has 7 aliphatic rings. The van der Waals surface area contributed by atoms with E-state index in [0.29, 0.717) is 38.4 Å². The van der Waals surface area contributed by atoms with Gasteiger partial charge in [0.15, 0.2) is 0 Å². The van der Waals surface area contributed by atoms with Crippen molar-refractivity contribution in [3.8, 4) is 0 Å². The predicted octanol–water partition coefficient (Wildman–Crippen LogP) is 4.89. The van der Waals surface area contributed by atoms with Crippen molar-refractivity contribution in [2.24, 2.45) is 22.2 Å². The summed E-state index contributed by atoms with van der Waals surface area (Å²) in [6.45, 7) is 3.93. The van der Waals surface area contributed by atoms with Gasteiger partial charge in [0.25, 0.3) is 5.91 Å². The Kier molecular flexibility index (Phi) is 10.8. The van der Waals surface area contributed by atoms with Crippen LogP contribution in [0, 0.1) is 22.2 Å². The van der Waals surface area contributed by atoms with Crippen LogP contribution in [-0.2, 0) is 30.4 Å². The van der Waals surface area contributed by atoms with E-state index in [1.54, 1.807) is 40.2 Å². The maximum absolute atomic E-state index is 14.7. The van der Waals surface area contributed by atoms with Gasteiger partial charge in [-0.1, -0.05) is 30.3 Å². The number of alkyl halides is 3. The van der Waals surface area contributed by atoms with Crippen LogP contribution in [0.1, 0.15) is 85.1 Å². The molecule has 2 aromatic heterocycles. The highest BCUT2D eigenvalue weighted by atomic mass is 32.1. The molecule has 1 unspecified atom stereocenters. The minimum atomic E-state index is -4.68. The number of ether oxygens (including phenoxy) is 2. The molecule has 4 amide bonds. The zero-order chi connectivity index (χ0) is 41.9. The Morgan fingerprint density at radius 3 is 2.33 bits per heavy atom. The van der Waals surface area contributed by atoms with Gasteiger partial charge in [0, 0.05) is 73.8 Å². The fourth-order valence-corrected chi connectivity index (χ4v) is 11.0. The molecule has 0 radical (unpaired) electrons. The number of rotatable bonds is 12. The second-order valence-corrected chi connectivity index (χ2v) is 19.2. The van der Waals surface area contributed by atoms with E-state index in [1.807, 2.05) is 35.7 Å². The van der Waals surface area contributed by atoms with E-state index in [1.165, 1.54) is 16.0 Å². The number of nitrogens with one attached hydrogen (secondary N) is 1. The number of aromatic nitrogens is 3. The first-order valence-corrected chi connectivity index (χ1v) is 22.1. The van der Waals surface area contributed by atoms with Crippen LogP contribution in [0.3, 0.4) is 0 Å². The molecule has 7 fully saturated rings. The molecule has 1 spiro atoms. The average molecular weight is 852 g/mol. The molecular formula is C43H52F3N7O6S. The van der Waals surface area contributed by atoms with E-state index in [2.05, 4.69) is 15.4 Å². The van der Waals surface area contributed by atoms with Crippen LogP contribution in [0.4, 0.5) is 13.2 Å². The second kappa shape index (κ2) is 15.8. The quantitative estimate of drug-likeness (QED) is 0.272. The Bertz CT molecular complexity index is 2040. The highest BCUT2D eigenvalue weighted by Gasteiger charge is 2.71. The number of carbonyl (C=O) groups is 4. The summed E-state index contributed by atoms with van der Waals surface area (Å²) in [5, 5.41) is 10.4. The summed E-state index contributed by atoms with van der Waals surface area (Å²) in [6, 6.07) is 8.58. The van der Waals surface area contributed by atoms with Crippen LogP contribution in [-0.4, -0.2) is 130 Å². The normalized spacial score (nSPS) is 26.8. The number of benzene rings is 1. The van der Waals surface area contributed by atoms with Gasteiger partial charge in [-0.3, -0.25) is 23.9 Å². The molecule has 2 aliphatic carbocycles. The van der Waals surface area contributed by atoms with Gasteiger partial charge in [0.1, 0.15) is 11.5 Å². The molecule has 322 valence electrons. The molecule has 3 atom stereocenters. The van der Waals surface area contributed by atoms with Crippen molar-refractivity contribution in [2.75, 3.05) is 52.5 Å². The predicted molar refractivity (Wildman–Crippen MR) is 213 cm³/mol. The van der Waals surface area contributed by atoms with E-state index in [4.69, 9.17) is 9.47 Å². The minimum Gasteiger partial charge on any atom is -0.378 e. The van der Waals surface area contributed by atoms with E-state index < -0.39 is 46.9 Å². The molecule has 2 bridgehead atoms. The summed E-state index contributed by atoms with van der Waals surface area (Å²) in [5.74, 6) is -2.81. The smallest absolute Gasteiger partial charge is 0.378 e. The molecule has 2 saturated carbocycles. The van der Waals surface area contributed by atoms with Crippen molar-refractivity contribution in [3.63, 3.8) is 0 Å². The Balaban J connectivity index is 0.945. The van der Waals surface area contributed by atoms with E-state index >= 15 is 0 Å². The Morgan fingerprint density at radius 2 is 1.70 bits per heavy atom. The average Bonchev–Trinajstić information content (AvgIpc) is 3.54. The molecule has 7 heterocycles. The maximum atomic E-state index is 14.7. The third kappa shape index (κ3) is 7.74. The molecule has 5 aliphatic heterocycles. The van der Waals surface area contributed by atoms with Crippen LogP contribution in [0.5, 0.6) is 0 Å². The number of amides is 4. The number of piperidine rings is 1. The fraction of sp³-hybridized carbons (Fsp3) is 0.628. The van der Waals surface area contributed by atoms with Crippen molar-refractivity contribution < 1.29 is 41.8 Å². The summed E-state index contributed by atoms with van der Waals surface area (Å²) < 4.78 is 56.4. The molecular weight excluding hydrogens is 800 g/mol. The number of nitrogens with zero attached hydrogens (tertiary/aromatic N) is 6. The fourth-order valence-electron chi connectivity index (χ4n) is 10.2. The van der Waals surface area contributed by atoms with Gasteiger partial charge >= 0.3 is 6.18 Å². The number of hydrogen-bond donors (Lipinski definition) is 1. The van der Waals surface area contributed by atoms with Crippen LogP contribution in [0.2, 0.25) is 0 Å². The third-order valence-corrected chi connectivity index (χ3v) is 15.2. The molecule has 60 heavy (non-hydrogen) atoms. The number of carbonyl (C=O) groups excluding carboxylic acids is 4. The SMILES string of the molecule is C[C@@H](OCC12CCC(CC1)OC2)C(NC(=O)[C@@H]1CN(C(=O)c2cnn(Cc3ccccc3)c2)CC12CN(C(=O)C1(C(F)(F)F)CC1)C2)C(=O)N1CCC(c2nccs2)CC1. The van der Waals surface area contributed by atoms with Crippen LogP contribution in [0.15, 0.2) is 54.3 Å². The third-order valence-electron chi connectivity index (χ3n) is 14.2. The summed E-state index contributed by atoms with van der Waals surface area (Å²) in [6.07, 6.45) is 4.54. The lowest BCUT2D eigenvalue weighted by atomic mass is 9.70. The Hall–Kier alpha value is -4.35. The number of fused-ring (bicyclic) bond motifs is 3.